The third-order valence-corrected chi connectivity index (χ3v) is 4.08. The average Bonchev–Trinajstić information content (AvgIpc) is 2.43. The molecule has 6 heteroatoms. The molecule has 0 aromatic heterocycles. The number of hydrogen-bond donors (Lipinski definition) is 0. The molecule has 0 N–H and O–H groups in total. The maximum absolute atomic E-state index is 10.9. The number of anilines is 1. The molecule has 0 bridgehead atoms. The van der Waals surface area contributed by atoms with Gasteiger partial charge in [0.25, 0.3) is 0 Å². The van der Waals surface area contributed by atoms with Crippen LogP contribution in [-0.2, 0) is 0 Å². The third-order valence-electron chi connectivity index (χ3n) is 4.08. The van der Waals surface area contributed by atoms with E-state index in [-0.39, 0.29) is 5.69 Å². The summed E-state index contributed by atoms with van der Waals surface area (Å²) < 4.78 is 5.13. The van der Waals surface area contributed by atoms with E-state index in [2.05, 4.69) is 30.7 Å². The van der Waals surface area contributed by atoms with Crippen molar-refractivity contribution in [2.24, 2.45) is 0 Å². The highest BCUT2D eigenvalue weighted by Crippen LogP contribution is 2.32. The molecule has 110 valence electrons. The summed E-state index contributed by atoms with van der Waals surface area (Å²) in [6.45, 7) is 6.18. The number of methoxy groups -OCH3 is 1. The highest BCUT2D eigenvalue weighted by Gasteiger charge is 2.27. The number of nitro groups is 1. The van der Waals surface area contributed by atoms with Crippen LogP contribution in [-0.4, -0.2) is 49.2 Å². The van der Waals surface area contributed by atoms with E-state index in [0.717, 1.165) is 18.8 Å². The monoisotopic (exact) mass is 279 g/mol. The first-order valence-corrected chi connectivity index (χ1v) is 6.73. The average molecular weight is 279 g/mol. The Bertz CT molecular complexity index is 494. The molecule has 6 nitrogen and oxygen atoms in total. The number of likely N-dealkylation sites (N-methyl/N-ethyl adjacent to an activating group) is 1. The first kappa shape index (κ1) is 14.6. The summed E-state index contributed by atoms with van der Waals surface area (Å²) in [5, 5.41) is 10.9. The number of piperazine rings is 1. The van der Waals surface area contributed by atoms with Crippen molar-refractivity contribution in [1.82, 2.24) is 4.90 Å². The molecule has 2 atom stereocenters. The van der Waals surface area contributed by atoms with Crippen molar-refractivity contribution >= 4 is 11.4 Å². The minimum atomic E-state index is -0.419. The largest absolute Gasteiger partial charge is 0.490 e. The van der Waals surface area contributed by atoms with Crippen LogP contribution in [0, 0.1) is 10.1 Å². The Morgan fingerprint density at radius 3 is 2.40 bits per heavy atom. The lowest BCUT2D eigenvalue weighted by Gasteiger charge is -2.43. The van der Waals surface area contributed by atoms with E-state index < -0.39 is 4.92 Å². The normalized spacial score (nSPS) is 23.7. The lowest BCUT2D eigenvalue weighted by atomic mass is 10.1. The van der Waals surface area contributed by atoms with Gasteiger partial charge >= 0.3 is 5.69 Å². The van der Waals surface area contributed by atoms with Crippen molar-refractivity contribution in [1.29, 1.82) is 0 Å². The van der Waals surface area contributed by atoms with Crippen LogP contribution in [0.25, 0.3) is 0 Å². The Morgan fingerprint density at radius 2 is 1.90 bits per heavy atom. The van der Waals surface area contributed by atoms with E-state index in [1.54, 1.807) is 12.1 Å². The van der Waals surface area contributed by atoms with Gasteiger partial charge < -0.3 is 9.64 Å². The van der Waals surface area contributed by atoms with Gasteiger partial charge in [-0.1, -0.05) is 0 Å². The number of ether oxygens (including phenoxy) is 1. The zero-order valence-electron chi connectivity index (χ0n) is 12.4. The summed E-state index contributed by atoms with van der Waals surface area (Å²) in [6.07, 6.45) is 0. The van der Waals surface area contributed by atoms with E-state index >= 15 is 0 Å². The van der Waals surface area contributed by atoms with Gasteiger partial charge in [-0.15, -0.1) is 0 Å². The first-order chi connectivity index (χ1) is 9.43. The number of hydrogen-bond acceptors (Lipinski definition) is 5. The quantitative estimate of drug-likeness (QED) is 0.626. The standard InChI is InChI=1S/C14H21N3O3/c1-10-8-16(9-11(2)15(10)3)12-5-6-13(17(18)19)14(7-12)20-4/h5-7,10-11H,8-9H2,1-4H3/t10-,11+. The van der Waals surface area contributed by atoms with Crippen LogP contribution in [0.15, 0.2) is 18.2 Å². The van der Waals surface area contributed by atoms with Crippen LogP contribution >= 0.6 is 0 Å². The fourth-order valence-electron chi connectivity index (χ4n) is 2.63. The predicted molar refractivity (Wildman–Crippen MR) is 78.5 cm³/mol. The SMILES string of the molecule is COc1cc(N2C[C@@H](C)N(C)[C@@H](C)C2)ccc1[N+](=O)[O-]. The number of benzene rings is 1. The van der Waals surface area contributed by atoms with Gasteiger partial charge in [0, 0.05) is 43.0 Å². The second kappa shape index (κ2) is 5.66. The van der Waals surface area contributed by atoms with E-state index in [4.69, 9.17) is 4.74 Å². The molecule has 1 aromatic carbocycles. The fraction of sp³-hybridized carbons (Fsp3) is 0.571. The molecule has 2 rings (SSSR count). The predicted octanol–water partition coefficient (Wildman–Crippen LogP) is 2.13. The molecular weight excluding hydrogens is 258 g/mol. The Hall–Kier alpha value is -1.82. The molecule has 1 aliphatic heterocycles. The summed E-state index contributed by atoms with van der Waals surface area (Å²) >= 11 is 0. The van der Waals surface area contributed by atoms with Gasteiger partial charge in [-0.3, -0.25) is 15.0 Å². The van der Waals surface area contributed by atoms with Crippen molar-refractivity contribution in [3.8, 4) is 5.75 Å². The van der Waals surface area contributed by atoms with Crippen LogP contribution in [0.4, 0.5) is 11.4 Å². The van der Waals surface area contributed by atoms with Gasteiger partial charge in [0.15, 0.2) is 5.75 Å². The third kappa shape index (κ3) is 2.70. The Balaban J connectivity index is 2.27. The zero-order chi connectivity index (χ0) is 14.9. The van der Waals surface area contributed by atoms with Crippen molar-refractivity contribution in [2.45, 2.75) is 25.9 Å². The van der Waals surface area contributed by atoms with Gasteiger partial charge in [-0.05, 0) is 27.0 Å². The lowest BCUT2D eigenvalue weighted by Crippen LogP contribution is -2.55. The molecule has 0 amide bonds. The van der Waals surface area contributed by atoms with E-state index in [1.807, 2.05) is 0 Å². The van der Waals surface area contributed by atoms with Crippen LogP contribution < -0.4 is 9.64 Å². The lowest BCUT2D eigenvalue weighted by molar-refractivity contribution is -0.385. The van der Waals surface area contributed by atoms with Gasteiger partial charge in [-0.2, -0.15) is 0 Å². The number of nitrogens with zero attached hydrogens (tertiary/aromatic N) is 3. The fourth-order valence-corrected chi connectivity index (χ4v) is 2.63. The molecule has 1 aromatic rings. The molecule has 0 radical (unpaired) electrons. The summed E-state index contributed by atoms with van der Waals surface area (Å²) in [5.41, 5.74) is 0.978. The Kier molecular flexibility index (Phi) is 4.13. The summed E-state index contributed by atoms with van der Waals surface area (Å²) in [7, 11) is 3.59. The van der Waals surface area contributed by atoms with E-state index in [9.17, 15) is 10.1 Å². The van der Waals surface area contributed by atoms with Crippen LogP contribution in [0.5, 0.6) is 5.75 Å². The minimum absolute atomic E-state index is 0.00599. The van der Waals surface area contributed by atoms with E-state index in [1.165, 1.54) is 13.2 Å². The molecule has 1 saturated heterocycles. The van der Waals surface area contributed by atoms with Gasteiger partial charge in [0.2, 0.25) is 0 Å². The Morgan fingerprint density at radius 1 is 1.30 bits per heavy atom. The first-order valence-electron chi connectivity index (χ1n) is 6.73. The molecule has 0 aliphatic carbocycles. The summed E-state index contributed by atoms with van der Waals surface area (Å²) in [6, 6.07) is 5.95. The molecular formula is C14H21N3O3. The summed E-state index contributed by atoms with van der Waals surface area (Å²) in [5.74, 6) is 0.312. The van der Waals surface area contributed by atoms with Crippen LogP contribution in [0.2, 0.25) is 0 Å². The highest BCUT2D eigenvalue weighted by molar-refractivity contribution is 5.59. The molecule has 0 saturated carbocycles. The van der Waals surface area contributed by atoms with Gasteiger partial charge in [0.05, 0.1) is 12.0 Å². The molecule has 1 heterocycles. The molecule has 1 aliphatic rings. The van der Waals surface area contributed by atoms with Gasteiger partial charge in [-0.25, -0.2) is 0 Å². The second-order valence-electron chi connectivity index (χ2n) is 5.38. The van der Waals surface area contributed by atoms with Crippen molar-refractivity contribution in [3.05, 3.63) is 28.3 Å². The second-order valence-corrected chi connectivity index (χ2v) is 5.38. The zero-order valence-corrected chi connectivity index (χ0v) is 12.4. The van der Waals surface area contributed by atoms with Crippen LogP contribution in [0.1, 0.15) is 13.8 Å². The van der Waals surface area contributed by atoms with Crippen LogP contribution in [0.3, 0.4) is 0 Å². The molecule has 0 spiro atoms. The Labute approximate surface area is 119 Å². The maximum Gasteiger partial charge on any atom is 0.311 e. The van der Waals surface area contributed by atoms with Crippen molar-refractivity contribution < 1.29 is 9.66 Å². The van der Waals surface area contributed by atoms with Gasteiger partial charge in [0.1, 0.15) is 0 Å². The minimum Gasteiger partial charge on any atom is -0.490 e. The molecule has 20 heavy (non-hydrogen) atoms. The van der Waals surface area contributed by atoms with Crippen molar-refractivity contribution in [3.63, 3.8) is 0 Å². The van der Waals surface area contributed by atoms with E-state index in [0.29, 0.717) is 17.8 Å². The number of nitro benzene ring substituents is 1. The molecule has 0 unspecified atom stereocenters. The highest BCUT2D eigenvalue weighted by atomic mass is 16.6. The maximum atomic E-state index is 10.9. The molecule has 1 fully saturated rings. The topological polar surface area (TPSA) is 58.8 Å². The number of rotatable bonds is 3. The van der Waals surface area contributed by atoms with Crippen molar-refractivity contribution in [2.75, 3.05) is 32.1 Å². The smallest absolute Gasteiger partial charge is 0.311 e. The summed E-state index contributed by atoms with van der Waals surface area (Å²) in [4.78, 5) is 15.1.